The number of aromatic nitrogens is 1. The monoisotopic (exact) mass is 471 g/mol. The Labute approximate surface area is 193 Å². The molecule has 3 heterocycles. The van der Waals surface area contributed by atoms with Gasteiger partial charge in [-0.3, -0.25) is 9.59 Å². The van der Waals surface area contributed by atoms with Crippen molar-refractivity contribution in [2.24, 2.45) is 0 Å². The van der Waals surface area contributed by atoms with Crippen molar-refractivity contribution >= 4 is 46.2 Å². The lowest BCUT2D eigenvalue weighted by molar-refractivity contribution is -0.119. The Balaban J connectivity index is 1.85. The number of hydrogen-bond donors (Lipinski definition) is 2. The maximum Gasteiger partial charge on any atom is 0.217 e. The van der Waals surface area contributed by atoms with Crippen LogP contribution in [0.5, 0.6) is 5.75 Å². The number of methoxy groups -OCH3 is 1. The quantitative estimate of drug-likeness (QED) is 0.609. The summed E-state index contributed by atoms with van der Waals surface area (Å²) in [6, 6.07) is 1.54. The summed E-state index contributed by atoms with van der Waals surface area (Å²) >= 11 is 1.24. The number of rotatable bonds is 4. The highest BCUT2D eigenvalue weighted by Gasteiger charge is 2.33. The molecule has 0 unspecified atom stereocenters. The number of amides is 1. The molecule has 7 nitrogen and oxygen atoms in total. The zero-order valence-electron chi connectivity index (χ0n) is 18.8. The summed E-state index contributed by atoms with van der Waals surface area (Å²) in [4.78, 5) is 26.5. The van der Waals surface area contributed by atoms with Crippen molar-refractivity contribution in [1.29, 1.82) is 0 Å². The molecule has 0 radical (unpaired) electrons. The molecule has 1 saturated carbocycles. The molecule has 0 bridgehead atoms. The molecule has 33 heavy (non-hydrogen) atoms. The van der Waals surface area contributed by atoms with Crippen LogP contribution in [0.3, 0.4) is 0 Å². The molecule has 9 heteroatoms. The summed E-state index contributed by atoms with van der Waals surface area (Å²) in [7, 11) is 1.52. The summed E-state index contributed by atoms with van der Waals surface area (Å²) in [5, 5.41) is 14.4. The Hall–Kier alpha value is -3.07. The van der Waals surface area contributed by atoms with Crippen molar-refractivity contribution in [3.8, 4) is 5.75 Å². The van der Waals surface area contributed by atoms with Gasteiger partial charge in [-0.25, -0.2) is 4.39 Å². The highest BCUT2D eigenvalue weighted by atomic mass is 32.1. The Morgan fingerprint density at radius 1 is 1.33 bits per heavy atom. The first-order valence-electron chi connectivity index (χ1n) is 11.0. The number of halogens is 1. The van der Waals surface area contributed by atoms with E-state index >= 15 is 4.39 Å². The minimum atomic E-state index is -0.456. The molecule has 0 spiro atoms. The molecule has 1 atom stereocenters. The molecular formula is C24H26FN3O4S. The van der Waals surface area contributed by atoms with Crippen LogP contribution in [0, 0.1) is 15.7 Å². The van der Waals surface area contributed by atoms with E-state index < -0.39 is 5.82 Å². The van der Waals surface area contributed by atoms with E-state index in [9.17, 15) is 14.7 Å². The minimum Gasteiger partial charge on any atom is -0.511 e. The first-order chi connectivity index (χ1) is 15.7. The second-order valence-electron chi connectivity index (χ2n) is 8.87. The molecule has 1 aromatic carbocycles. The van der Waals surface area contributed by atoms with E-state index in [0.717, 1.165) is 17.5 Å². The number of nitrogens with zero attached hydrogens (tertiary/aromatic N) is 2. The van der Waals surface area contributed by atoms with Gasteiger partial charge in [-0.15, -0.1) is 11.3 Å². The van der Waals surface area contributed by atoms with Crippen molar-refractivity contribution in [2.75, 3.05) is 25.1 Å². The van der Waals surface area contributed by atoms with Crippen LogP contribution in [0.25, 0.3) is 23.2 Å². The van der Waals surface area contributed by atoms with Gasteiger partial charge in [0.2, 0.25) is 11.3 Å². The third kappa shape index (κ3) is 3.37. The van der Waals surface area contributed by atoms with Gasteiger partial charge in [0.05, 0.1) is 17.8 Å². The number of carbonyl (C=O) groups is 1. The highest BCUT2D eigenvalue weighted by molar-refractivity contribution is 7.07. The number of ether oxygens (including phenoxy) is 1. The Morgan fingerprint density at radius 2 is 2.06 bits per heavy atom. The van der Waals surface area contributed by atoms with Crippen LogP contribution in [0.15, 0.2) is 10.9 Å². The van der Waals surface area contributed by atoms with Gasteiger partial charge in [-0.05, 0) is 37.5 Å². The number of anilines is 1. The van der Waals surface area contributed by atoms with Gasteiger partial charge < -0.3 is 24.6 Å². The smallest absolute Gasteiger partial charge is 0.217 e. The summed E-state index contributed by atoms with van der Waals surface area (Å²) in [6.45, 7) is 8.17. The lowest BCUT2D eigenvalue weighted by Crippen LogP contribution is -2.35. The van der Waals surface area contributed by atoms with E-state index in [1.165, 1.54) is 38.4 Å². The Kier molecular flexibility index (Phi) is 5.12. The number of aliphatic hydroxyl groups excluding tert-OH is 1. The van der Waals surface area contributed by atoms with Crippen LogP contribution in [-0.4, -0.2) is 41.8 Å². The summed E-state index contributed by atoms with van der Waals surface area (Å²) in [5.74, 6) is -0.199. The molecule has 1 aliphatic carbocycles. The maximum atomic E-state index is 15.6. The second-order valence-corrected chi connectivity index (χ2v) is 9.87. The van der Waals surface area contributed by atoms with Gasteiger partial charge in [-0.2, -0.15) is 0 Å². The molecule has 1 saturated heterocycles. The van der Waals surface area contributed by atoms with E-state index in [0.29, 0.717) is 52.3 Å². The average molecular weight is 472 g/mol. The number of fused-ring (bicyclic) bond motifs is 1. The van der Waals surface area contributed by atoms with Crippen molar-refractivity contribution in [2.45, 2.75) is 45.2 Å². The van der Waals surface area contributed by atoms with E-state index in [1.54, 1.807) is 0 Å². The largest absolute Gasteiger partial charge is 0.511 e. The van der Waals surface area contributed by atoms with Crippen molar-refractivity contribution in [3.05, 3.63) is 41.7 Å². The minimum absolute atomic E-state index is 0.0353. The van der Waals surface area contributed by atoms with Gasteiger partial charge in [0, 0.05) is 37.5 Å². The second kappa shape index (κ2) is 7.76. The summed E-state index contributed by atoms with van der Waals surface area (Å²) < 4.78 is 24.5. The molecule has 0 aromatic heterocycles. The molecule has 3 aliphatic heterocycles. The summed E-state index contributed by atoms with van der Waals surface area (Å²) in [6.07, 6.45) is 2.60. The number of aliphatic hydroxyl groups is 1. The zero-order chi connectivity index (χ0) is 23.6. The Bertz CT molecular complexity index is 1540. The van der Waals surface area contributed by atoms with Crippen molar-refractivity contribution in [3.63, 3.8) is 0 Å². The van der Waals surface area contributed by atoms with E-state index in [-0.39, 0.29) is 33.7 Å². The topological polar surface area (TPSA) is 83.8 Å². The molecule has 1 aromatic rings. The average Bonchev–Trinajstić information content (AvgIpc) is 3.38. The lowest BCUT2D eigenvalue weighted by Gasteiger charge is -2.25. The number of carbonyl (C=O) groups excluding carboxylic acids is 1. The van der Waals surface area contributed by atoms with Crippen LogP contribution in [-0.2, 0) is 4.79 Å². The van der Waals surface area contributed by atoms with Crippen LogP contribution in [0.1, 0.15) is 39.2 Å². The first-order valence-corrected chi connectivity index (χ1v) is 11.8. The van der Waals surface area contributed by atoms with Crippen LogP contribution >= 0.6 is 11.3 Å². The molecular weight excluding hydrogens is 445 g/mol. The Morgan fingerprint density at radius 3 is 2.67 bits per heavy atom. The SMILES string of the molecule is C=c1c2c(=O)/c(=C(/C)O)sc=2n(C2CC2)c2c(OC)c(N3CC[C@H](NC(C)=O)C3)c(F)cc12. The molecule has 1 amide bonds. The lowest BCUT2D eigenvalue weighted by atomic mass is 10.1. The molecule has 4 aliphatic rings. The predicted octanol–water partition coefficient (Wildman–Crippen LogP) is 2.08. The molecule has 2 fully saturated rings. The number of benzene rings is 1. The van der Waals surface area contributed by atoms with E-state index in [1.807, 2.05) is 4.90 Å². The standard InChI is InChI=1S/C24H26FN3O4S/c1-11-16-9-17(25)20(27-8-7-14(10-27)26-13(3)30)22(32-4)19(16)28(15-5-6-15)24-18(11)21(31)23(33-24)12(2)29/h9,14-15,29H,1,5-8,10H2,2-4H3,(H,26,30)/b23-12+/t14-/m0/s1. The highest BCUT2D eigenvalue weighted by Crippen LogP contribution is 2.44. The number of nitrogens with one attached hydrogen (secondary N) is 1. The van der Waals surface area contributed by atoms with Crippen LogP contribution < -0.4 is 30.1 Å². The van der Waals surface area contributed by atoms with Gasteiger partial charge in [-0.1, -0.05) is 6.58 Å². The van der Waals surface area contributed by atoms with Gasteiger partial charge in [0.25, 0.3) is 0 Å². The predicted molar refractivity (Wildman–Crippen MR) is 127 cm³/mol. The fraction of sp³-hybridized carbons (Fsp3) is 0.417. The fourth-order valence-corrected chi connectivity index (χ4v) is 6.12. The summed E-state index contributed by atoms with van der Waals surface area (Å²) in [5.41, 5.74) is 0.785. The van der Waals surface area contributed by atoms with Gasteiger partial charge >= 0.3 is 0 Å². The van der Waals surface area contributed by atoms with Crippen molar-refractivity contribution < 1.29 is 19.0 Å². The van der Waals surface area contributed by atoms with E-state index in [2.05, 4.69) is 16.5 Å². The first kappa shape index (κ1) is 21.8. The van der Waals surface area contributed by atoms with Gasteiger partial charge in [0.1, 0.15) is 20.6 Å². The van der Waals surface area contributed by atoms with Crippen LogP contribution in [0.2, 0.25) is 0 Å². The normalized spacial score (nSPS) is 19.4. The third-order valence-corrected chi connectivity index (χ3v) is 7.75. The fourth-order valence-electron chi connectivity index (χ4n) is 4.93. The van der Waals surface area contributed by atoms with Crippen LogP contribution in [0.4, 0.5) is 10.1 Å². The van der Waals surface area contributed by atoms with Gasteiger partial charge in [0.15, 0.2) is 11.6 Å². The maximum absolute atomic E-state index is 15.6. The number of hydrogen-bond acceptors (Lipinski definition) is 6. The van der Waals surface area contributed by atoms with E-state index in [4.69, 9.17) is 4.74 Å². The zero-order valence-corrected chi connectivity index (χ0v) is 19.6. The third-order valence-electron chi connectivity index (χ3n) is 6.47. The molecule has 2 N–H and O–H groups in total. The molecule has 174 valence electrons. The van der Waals surface area contributed by atoms with Crippen molar-refractivity contribution in [1.82, 2.24) is 9.88 Å². The molecule has 5 rings (SSSR count).